The van der Waals surface area contributed by atoms with Gasteiger partial charge in [0, 0.05) is 10.1 Å². The van der Waals surface area contributed by atoms with Gasteiger partial charge in [-0.1, -0.05) is 26.8 Å². The van der Waals surface area contributed by atoms with E-state index >= 15 is 0 Å². The van der Waals surface area contributed by atoms with Gasteiger partial charge in [-0.05, 0) is 39.0 Å². The summed E-state index contributed by atoms with van der Waals surface area (Å²) in [5, 5.41) is 0. The Morgan fingerprint density at radius 1 is 1.25 bits per heavy atom. The maximum Gasteiger partial charge on any atom is 0.694 e. The van der Waals surface area contributed by atoms with E-state index < -0.39 is 13.9 Å². The van der Waals surface area contributed by atoms with Crippen LogP contribution in [0.1, 0.15) is 59.3 Å². The molecule has 116 valence electrons. The summed E-state index contributed by atoms with van der Waals surface area (Å²) < 4.78 is 20.5. The van der Waals surface area contributed by atoms with Crippen molar-refractivity contribution in [3.63, 3.8) is 0 Å². The van der Waals surface area contributed by atoms with Crippen LogP contribution in [-0.2, 0) is 18.6 Å². The molecular formula is C14H26O5P+. The molecule has 0 aromatic carbocycles. The minimum Gasteiger partial charge on any atom is -0.456 e. The molecule has 0 rings (SSSR count). The fourth-order valence-corrected chi connectivity index (χ4v) is 2.24. The largest absolute Gasteiger partial charge is 0.694 e. The molecule has 1 unspecified atom stereocenters. The van der Waals surface area contributed by atoms with Gasteiger partial charge in [-0.15, -0.1) is 9.42 Å². The van der Waals surface area contributed by atoms with Gasteiger partial charge in [-0.2, -0.15) is 0 Å². The number of carbonyl (C=O) groups excluding carboxylic acids is 1. The molecule has 0 aliphatic heterocycles. The molecular weight excluding hydrogens is 279 g/mol. The maximum absolute atomic E-state index is 11.7. The van der Waals surface area contributed by atoms with Crippen molar-refractivity contribution in [2.75, 3.05) is 6.61 Å². The van der Waals surface area contributed by atoms with E-state index in [1.165, 1.54) is 0 Å². The van der Waals surface area contributed by atoms with Crippen molar-refractivity contribution in [2.45, 2.75) is 64.9 Å². The summed E-state index contributed by atoms with van der Waals surface area (Å²) in [6.07, 6.45) is 4.79. The molecule has 0 aromatic heterocycles. The molecule has 0 radical (unpaired) electrons. The van der Waals surface area contributed by atoms with Crippen molar-refractivity contribution < 1.29 is 23.5 Å². The van der Waals surface area contributed by atoms with Gasteiger partial charge in [-0.3, -0.25) is 0 Å². The number of carbonyl (C=O) groups is 1. The zero-order chi connectivity index (χ0) is 15.6. The molecule has 0 fully saturated rings. The van der Waals surface area contributed by atoms with E-state index in [1.54, 1.807) is 6.92 Å². The van der Waals surface area contributed by atoms with Gasteiger partial charge in [0.1, 0.15) is 12.2 Å². The average Bonchev–Trinajstić information content (AvgIpc) is 2.40. The summed E-state index contributed by atoms with van der Waals surface area (Å²) in [4.78, 5) is 20.2. The van der Waals surface area contributed by atoms with Crippen molar-refractivity contribution in [1.29, 1.82) is 0 Å². The number of rotatable bonds is 11. The molecule has 20 heavy (non-hydrogen) atoms. The van der Waals surface area contributed by atoms with E-state index in [2.05, 4.69) is 11.1 Å². The Balaban J connectivity index is 4.16. The van der Waals surface area contributed by atoms with E-state index in [-0.39, 0.29) is 12.6 Å². The molecule has 0 aliphatic rings. The van der Waals surface area contributed by atoms with E-state index in [0.29, 0.717) is 5.57 Å². The molecule has 0 saturated heterocycles. The van der Waals surface area contributed by atoms with Crippen molar-refractivity contribution in [3.8, 4) is 0 Å². The Morgan fingerprint density at radius 3 is 2.30 bits per heavy atom. The molecule has 0 amide bonds. The average molecular weight is 305 g/mol. The quantitative estimate of drug-likeness (QED) is 0.271. The van der Waals surface area contributed by atoms with Gasteiger partial charge in [0.15, 0.2) is 0 Å². The SMILES string of the molecule is C=C(C)C(=O)OC(CC)(CC)CCCCCO[P+](=O)O. The minimum atomic E-state index is -2.50. The van der Waals surface area contributed by atoms with Crippen LogP contribution in [0.3, 0.4) is 0 Å². The predicted molar refractivity (Wildman–Crippen MR) is 78.5 cm³/mol. The standard InChI is InChI=1S/C14H25O5P/c1-5-14(6-2,19-13(15)12(3)4)10-8-7-9-11-18-20(16)17/h3,5-11H2,1-2,4H3/p+1. The zero-order valence-electron chi connectivity index (χ0n) is 12.7. The first-order valence-corrected chi connectivity index (χ1v) is 8.17. The van der Waals surface area contributed by atoms with Crippen LogP contribution in [-0.4, -0.2) is 23.1 Å². The zero-order valence-corrected chi connectivity index (χ0v) is 13.6. The highest BCUT2D eigenvalue weighted by molar-refractivity contribution is 7.32. The molecule has 0 bridgehead atoms. The number of hydrogen-bond donors (Lipinski definition) is 1. The second-order valence-electron chi connectivity index (χ2n) is 4.94. The Bertz CT molecular complexity index is 336. The summed E-state index contributed by atoms with van der Waals surface area (Å²) in [7, 11) is -2.50. The normalized spacial score (nSPS) is 12.1. The number of esters is 1. The lowest BCUT2D eigenvalue weighted by Crippen LogP contribution is -2.34. The highest BCUT2D eigenvalue weighted by Gasteiger charge is 2.30. The van der Waals surface area contributed by atoms with E-state index in [1.807, 2.05) is 13.8 Å². The van der Waals surface area contributed by atoms with Gasteiger partial charge in [0.25, 0.3) is 0 Å². The van der Waals surface area contributed by atoms with Gasteiger partial charge >= 0.3 is 14.2 Å². The smallest absolute Gasteiger partial charge is 0.456 e. The molecule has 5 nitrogen and oxygen atoms in total. The van der Waals surface area contributed by atoms with Crippen LogP contribution in [0, 0.1) is 0 Å². The lowest BCUT2D eigenvalue weighted by atomic mass is 9.90. The van der Waals surface area contributed by atoms with Gasteiger partial charge < -0.3 is 4.74 Å². The Labute approximate surface area is 122 Å². The number of ether oxygens (including phenoxy) is 1. The van der Waals surface area contributed by atoms with Gasteiger partial charge in [0.2, 0.25) is 0 Å². The molecule has 1 N–H and O–H groups in total. The van der Waals surface area contributed by atoms with Crippen LogP contribution in [0.4, 0.5) is 0 Å². The van der Waals surface area contributed by atoms with E-state index in [0.717, 1.165) is 38.5 Å². The van der Waals surface area contributed by atoms with E-state index in [4.69, 9.17) is 9.63 Å². The van der Waals surface area contributed by atoms with Crippen LogP contribution in [0.25, 0.3) is 0 Å². The molecule has 0 heterocycles. The third kappa shape index (κ3) is 7.73. The second kappa shape index (κ2) is 10.0. The summed E-state index contributed by atoms with van der Waals surface area (Å²) in [6.45, 7) is 9.54. The third-order valence-electron chi connectivity index (χ3n) is 3.42. The second-order valence-corrected chi connectivity index (χ2v) is 5.68. The monoisotopic (exact) mass is 305 g/mol. The fourth-order valence-electron chi connectivity index (χ4n) is 1.95. The van der Waals surface area contributed by atoms with Crippen molar-refractivity contribution in [2.24, 2.45) is 0 Å². The lowest BCUT2D eigenvalue weighted by Gasteiger charge is -2.31. The first-order chi connectivity index (χ1) is 9.37. The highest BCUT2D eigenvalue weighted by Crippen LogP contribution is 2.28. The third-order valence-corrected chi connectivity index (χ3v) is 3.83. The van der Waals surface area contributed by atoms with Crippen molar-refractivity contribution in [1.82, 2.24) is 0 Å². The van der Waals surface area contributed by atoms with Crippen molar-refractivity contribution in [3.05, 3.63) is 12.2 Å². The molecule has 6 heteroatoms. The minimum absolute atomic E-state index is 0.280. The maximum atomic E-state index is 11.7. The first-order valence-electron chi connectivity index (χ1n) is 7.04. The number of unbranched alkanes of at least 4 members (excludes halogenated alkanes) is 2. The fraction of sp³-hybridized carbons (Fsp3) is 0.786. The van der Waals surface area contributed by atoms with E-state index in [9.17, 15) is 9.36 Å². The molecule has 0 spiro atoms. The van der Waals surface area contributed by atoms with Gasteiger partial charge in [0.05, 0.1) is 0 Å². The molecule has 0 aromatic rings. The van der Waals surface area contributed by atoms with Crippen LogP contribution >= 0.6 is 8.25 Å². The molecule has 1 atom stereocenters. The topological polar surface area (TPSA) is 72.8 Å². The molecule has 0 saturated carbocycles. The van der Waals surface area contributed by atoms with Crippen molar-refractivity contribution >= 4 is 14.2 Å². The highest BCUT2D eigenvalue weighted by atomic mass is 31.1. The van der Waals surface area contributed by atoms with Crippen LogP contribution in [0.15, 0.2) is 12.2 Å². The number of hydrogen-bond acceptors (Lipinski definition) is 4. The Morgan fingerprint density at radius 2 is 1.85 bits per heavy atom. The molecule has 0 aliphatic carbocycles. The van der Waals surface area contributed by atoms with Crippen LogP contribution < -0.4 is 0 Å². The summed E-state index contributed by atoms with van der Waals surface area (Å²) in [5.41, 5.74) is -0.0182. The summed E-state index contributed by atoms with van der Waals surface area (Å²) in [6, 6.07) is 0. The van der Waals surface area contributed by atoms with Gasteiger partial charge in [-0.25, -0.2) is 4.79 Å². The predicted octanol–water partition coefficient (Wildman–Crippen LogP) is 3.89. The van der Waals surface area contributed by atoms with Crippen LogP contribution in [0.2, 0.25) is 0 Å². The Hall–Kier alpha value is -0.770. The Kier molecular flexibility index (Phi) is 9.64. The summed E-state index contributed by atoms with van der Waals surface area (Å²) in [5.74, 6) is -0.339. The summed E-state index contributed by atoms with van der Waals surface area (Å²) >= 11 is 0. The van der Waals surface area contributed by atoms with Crippen LogP contribution in [0.5, 0.6) is 0 Å². The lowest BCUT2D eigenvalue weighted by molar-refractivity contribution is -0.156. The first kappa shape index (κ1) is 19.2.